The Morgan fingerprint density at radius 2 is 2.03 bits per heavy atom. The van der Waals surface area contributed by atoms with E-state index in [0.717, 1.165) is 48.1 Å². The van der Waals surface area contributed by atoms with Crippen LogP contribution in [-0.2, 0) is 6.42 Å². The molecule has 0 radical (unpaired) electrons. The van der Waals surface area contributed by atoms with Crippen LogP contribution in [0.2, 0.25) is 0 Å². The van der Waals surface area contributed by atoms with Crippen LogP contribution in [0.1, 0.15) is 72.7 Å². The van der Waals surface area contributed by atoms with Crippen molar-refractivity contribution in [3.05, 3.63) is 52.8 Å². The van der Waals surface area contributed by atoms with Gasteiger partial charge in [0.2, 0.25) is 0 Å². The Hall–Kier alpha value is -2.03. The molecule has 2 aromatic heterocycles. The molecule has 5 rings (SSSR count). The van der Waals surface area contributed by atoms with Gasteiger partial charge in [0.15, 0.2) is 0 Å². The van der Waals surface area contributed by atoms with E-state index in [4.69, 9.17) is 5.73 Å². The van der Waals surface area contributed by atoms with Crippen LogP contribution in [0, 0.1) is 0 Å². The lowest BCUT2D eigenvalue weighted by Gasteiger charge is -2.27. The van der Waals surface area contributed by atoms with Gasteiger partial charge in [-0.25, -0.2) is 9.18 Å². The van der Waals surface area contributed by atoms with Crippen molar-refractivity contribution in [3.63, 3.8) is 0 Å². The molecular weight excluding hydrogens is 417 g/mol. The van der Waals surface area contributed by atoms with Crippen LogP contribution in [0.5, 0.6) is 0 Å². The third kappa shape index (κ3) is 3.18. The van der Waals surface area contributed by atoms with Crippen LogP contribution in [0.4, 0.5) is 4.39 Å². The first-order valence-electron chi connectivity index (χ1n) is 11.0. The maximum absolute atomic E-state index is 15.8. The highest BCUT2D eigenvalue weighted by Gasteiger charge is 2.37. The second-order valence-corrected chi connectivity index (χ2v) is 10.4. The number of halogens is 1. The van der Waals surface area contributed by atoms with Crippen LogP contribution in [-0.4, -0.2) is 33.5 Å². The van der Waals surface area contributed by atoms with Gasteiger partial charge in [-0.1, -0.05) is 0 Å². The summed E-state index contributed by atoms with van der Waals surface area (Å²) in [4.78, 5) is 29.8. The Bertz CT molecular complexity index is 1290. The molecule has 6 nitrogen and oxygen atoms in total. The van der Waals surface area contributed by atoms with Crippen LogP contribution >= 0.6 is 11.3 Å². The van der Waals surface area contributed by atoms with Gasteiger partial charge < -0.3 is 10.8 Å². The number of nitrogens with zero attached hydrogens (tertiary/aromatic N) is 1. The number of alkyl halides is 1. The highest BCUT2D eigenvalue weighted by molar-refractivity contribution is 7.12. The zero-order valence-electron chi connectivity index (χ0n) is 17.8. The molecule has 2 heterocycles. The van der Waals surface area contributed by atoms with Crippen LogP contribution in [0.3, 0.4) is 0 Å². The standard InChI is InChI=1S/C23H28FN3O3S/c1-10-19-21(27(12-6-7-12)23(30)26-22(19)29)11(2)18(20(10)24)17-8-14-13(15(25)9-28)4-3-5-16(14)31-17/h8,12-13,15,18,20,28H,3-7,9,25H2,1-2H3,(H,26,29,30). The average Bonchev–Trinajstić information content (AvgIpc) is 3.48. The van der Waals surface area contributed by atoms with E-state index in [2.05, 4.69) is 11.1 Å². The first-order chi connectivity index (χ1) is 14.8. The van der Waals surface area contributed by atoms with Crippen molar-refractivity contribution in [2.24, 2.45) is 5.73 Å². The topological polar surface area (TPSA) is 101 Å². The van der Waals surface area contributed by atoms with E-state index in [0.29, 0.717) is 16.1 Å². The van der Waals surface area contributed by atoms with E-state index < -0.39 is 23.3 Å². The van der Waals surface area contributed by atoms with Crippen LogP contribution in [0.15, 0.2) is 15.7 Å². The molecule has 1 saturated carbocycles. The normalized spacial score (nSPS) is 26.5. The Labute approximate surface area is 182 Å². The molecule has 31 heavy (non-hydrogen) atoms. The van der Waals surface area contributed by atoms with Gasteiger partial charge in [0, 0.05) is 27.8 Å². The van der Waals surface area contributed by atoms with E-state index in [9.17, 15) is 14.7 Å². The number of aromatic nitrogens is 2. The van der Waals surface area contributed by atoms with Crippen molar-refractivity contribution in [1.29, 1.82) is 0 Å². The molecule has 1 fully saturated rings. The molecule has 0 aliphatic heterocycles. The van der Waals surface area contributed by atoms with Crippen LogP contribution in [0.25, 0.3) is 11.1 Å². The lowest BCUT2D eigenvalue weighted by atomic mass is 9.81. The molecule has 3 aliphatic rings. The van der Waals surface area contributed by atoms with Crippen molar-refractivity contribution in [2.45, 2.75) is 76.0 Å². The lowest BCUT2D eigenvalue weighted by Crippen LogP contribution is -2.58. The first-order valence-corrected chi connectivity index (χ1v) is 11.8. The Kier molecular flexibility index (Phi) is 5.07. The minimum Gasteiger partial charge on any atom is -0.395 e. The van der Waals surface area contributed by atoms with Gasteiger partial charge in [-0.15, -0.1) is 11.3 Å². The fourth-order valence-electron chi connectivity index (χ4n) is 5.43. The summed E-state index contributed by atoms with van der Waals surface area (Å²) >= 11 is 1.61. The summed E-state index contributed by atoms with van der Waals surface area (Å²) in [7, 11) is 0. The summed E-state index contributed by atoms with van der Waals surface area (Å²) in [6.45, 7) is 3.44. The molecule has 166 valence electrons. The number of rotatable bonds is 4. The fraction of sp³-hybridized carbons (Fsp3) is 0.565. The van der Waals surface area contributed by atoms with Gasteiger partial charge in [0.25, 0.3) is 5.56 Å². The molecule has 0 spiro atoms. The highest BCUT2D eigenvalue weighted by Crippen LogP contribution is 2.45. The van der Waals surface area contributed by atoms with Gasteiger partial charge in [0.05, 0.1) is 23.1 Å². The number of aliphatic hydroxyl groups is 1. The largest absolute Gasteiger partial charge is 0.395 e. The predicted octanol–water partition coefficient (Wildman–Crippen LogP) is 1.15. The van der Waals surface area contributed by atoms with Crippen molar-refractivity contribution in [2.75, 3.05) is 6.61 Å². The van der Waals surface area contributed by atoms with Gasteiger partial charge in [0.1, 0.15) is 6.17 Å². The minimum atomic E-state index is -1.33. The van der Waals surface area contributed by atoms with E-state index >= 15 is 4.39 Å². The second-order valence-electron chi connectivity index (χ2n) is 9.20. The van der Waals surface area contributed by atoms with Crippen molar-refractivity contribution >= 4 is 22.5 Å². The zero-order valence-corrected chi connectivity index (χ0v) is 18.6. The quantitative estimate of drug-likeness (QED) is 0.657. The van der Waals surface area contributed by atoms with E-state index in [1.165, 1.54) is 4.88 Å². The summed E-state index contributed by atoms with van der Waals surface area (Å²) in [5, 5.41) is 10.5. The van der Waals surface area contributed by atoms with Crippen LogP contribution < -0.4 is 27.6 Å². The summed E-state index contributed by atoms with van der Waals surface area (Å²) < 4.78 is 17.5. The van der Waals surface area contributed by atoms with Gasteiger partial charge in [-0.05, 0) is 68.7 Å². The SMILES string of the molecule is CC1=c2c(=O)[nH]c(=O)n(C3CC3)c2=C(C)C(c2cc3c(s2)CCCC3C(N)CO)C1F. The fourth-order valence-corrected chi connectivity index (χ4v) is 6.90. The smallest absolute Gasteiger partial charge is 0.329 e. The number of nitrogens with two attached hydrogens (primary N) is 1. The molecule has 4 unspecified atom stereocenters. The summed E-state index contributed by atoms with van der Waals surface area (Å²) in [6, 6.07) is 1.80. The average molecular weight is 446 g/mol. The summed E-state index contributed by atoms with van der Waals surface area (Å²) in [5.74, 6) is -0.453. The zero-order chi connectivity index (χ0) is 22.0. The molecule has 0 aromatic carbocycles. The number of nitrogens with one attached hydrogen (secondary N) is 1. The molecule has 2 aromatic rings. The molecule has 0 bridgehead atoms. The van der Waals surface area contributed by atoms with E-state index in [-0.39, 0.29) is 24.6 Å². The monoisotopic (exact) mass is 445 g/mol. The number of aliphatic hydroxyl groups excluding tert-OH is 1. The van der Waals surface area contributed by atoms with Crippen molar-refractivity contribution in [1.82, 2.24) is 9.55 Å². The van der Waals surface area contributed by atoms with Gasteiger partial charge >= 0.3 is 5.69 Å². The molecule has 4 N–H and O–H groups in total. The number of H-pyrrole nitrogens is 1. The molecule has 8 heteroatoms. The molecule has 4 atom stereocenters. The number of hydrogen-bond acceptors (Lipinski definition) is 5. The van der Waals surface area contributed by atoms with Gasteiger partial charge in [-0.3, -0.25) is 14.3 Å². The third-order valence-corrected chi connectivity index (χ3v) is 8.50. The number of aromatic amines is 1. The van der Waals surface area contributed by atoms with Crippen molar-refractivity contribution in [3.8, 4) is 0 Å². The third-order valence-electron chi connectivity index (χ3n) is 7.21. The Morgan fingerprint density at radius 1 is 1.29 bits per heavy atom. The summed E-state index contributed by atoms with van der Waals surface area (Å²) in [6.07, 6.45) is 3.31. The summed E-state index contributed by atoms with van der Waals surface area (Å²) in [5.41, 5.74) is 7.52. The van der Waals surface area contributed by atoms with E-state index in [1.54, 1.807) is 22.8 Å². The van der Waals surface area contributed by atoms with Crippen molar-refractivity contribution < 1.29 is 9.50 Å². The van der Waals surface area contributed by atoms with Gasteiger partial charge in [-0.2, -0.15) is 0 Å². The highest BCUT2D eigenvalue weighted by atomic mass is 32.1. The maximum atomic E-state index is 15.8. The number of hydrogen-bond donors (Lipinski definition) is 3. The lowest BCUT2D eigenvalue weighted by molar-refractivity contribution is 0.242. The number of aryl methyl sites for hydroxylation is 1. The number of thiophene rings is 1. The molecule has 3 aliphatic carbocycles. The molecular formula is C23H28FN3O3S. The second kappa shape index (κ2) is 7.53. The Morgan fingerprint density at radius 3 is 2.71 bits per heavy atom. The molecule has 0 saturated heterocycles. The first kappa shape index (κ1) is 20.8. The Balaban J connectivity index is 1.73. The number of fused-ring (bicyclic) bond motifs is 2. The predicted molar refractivity (Wildman–Crippen MR) is 120 cm³/mol. The maximum Gasteiger partial charge on any atom is 0.329 e. The van der Waals surface area contributed by atoms with E-state index in [1.807, 2.05) is 6.92 Å². The minimum absolute atomic E-state index is 0.0705. The molecule has 0 amide bonds.